The molecule has 1 saturated heterocycles. The van der Waals surface area contributed by atoms with Gasteiger partial charge in [-0.3, -0.25) is 0 Å². The Balaban J connectivity index is 2.43. The molecule has 0 spiro atoms. The first kappa shape index (κ1) is 11.3. The van der Waals surface area contributed by atoms with Crippen LogP contribution in [0, 0.1) is 11.8 Å². The van der Waals surface area contributed by atoms with Crippen LogP contribution in [-0.2, 0) is 0 Å². The predicted molar refractivity (Wildman–Crippen MR) is 57.2 cm³/mol. The smallest absolute Gasteiger partial charge is 0.315 e. The van der Waals surface area contributed by atoms with Gasteiger partial charge in [0.2, 0.25) is 0 Å². The van der Waals surface area contributed by atoms with Gasteiger partial charge in [-0.05, 0) is 31.8 Å². The third kappa shape index (κ3) is 2.87. The summed E-state index contributed by atoms with van der Waals surface area (Å²) >= 11 is 0. The van der Waals surface area contributed by atoms with Crippen LogP contribution in [0.3, 0.4) is 0 Å². The quantitative estimate of drug-likeness (QED) is 0.608. The number of amides is 2. The molecule has 1 aliphatic rings. The predicted octanol–water partition coefficient (Wildman–Crippen LogP) is 0.550. The van der Waals surface area contributed by atoms with Crippen molar-refractivity contribution in [3.8, 4) is 0 Å². The van der Waals surface area contributed by atoms with Crippen molar-refractivity contribution in [2.45, 2.75) is 26.8 Å². The van der Waals surface area contributed by atoms with E-state index in [-0.39, 0.29) is 6.03 Å². The summed E-state index contributed by atoms with van der Waals surface area (Å²) in [6.07, 6.45) is 0. The molecule has 14 heavy (non-hydrogen) atoms. The summed E-state index contributed by atoms with van der Waals surface area (Å²) in [5, 5.41) is 9.14. The van der Waals surface area contributed by atoms with Gasteiger partial charge in [0.15, 0.2) is 0 Å². The molecule has 0 radical (unpaired) electrons. The van der Waals surface area contributed by atoms with Crippen molar-refractivity contribution in [1.29, 1.82) is 0 Å². The van der Waals surface area contributed by atoms with Gasteiger partial charge in [0.25, 0.3) is 0 Å². The first-order chi connectivity index (χ1) is 6.65. The number of hydrogen-bond donors (Lipinski definition) is 3. The van der Waals surface area contributed by atoms with Crippen molar-refractivity contribution in [3.05, 3.63) is 0 Å². The van der Waals surface area contributed by atoms with Gasteiger partial charge in [-0.25, -0.2) is 4.79 Å². The minimum absolute atomic E-state index is 0.0434. The summed E-state index contributed by atoms with van der Waals surface area (Å²) in [7, 11) is 0. The zero-order valence-electron chi connectivity index (χ0n) is 9.26. The van der Waals surface area contributed by atoms with E-state index in [0.717, 1.165) is 13.1 Å². The zero-order chi connectivity index (χ0) is 10.6. The molecule has 3 N–H and O–H groups in total. The first-order valence-electron chi connectivity index (χ1n) is 5.40. The molecule has 1 rings (SSSR count). The summed E-state index contributed by atoms with van der Waals surface area (Å²) in [6.45, 7) is 8.91. The van der Waals surface area contributed by atoms with Crippen molar-refractivity contribution in [1.82, 2.24) is 16.0 Å². The molecule has 2 atom stereocenters. The Kier molecular flexibility index (Phi) is 4.20. The van der Waals surface area contributed by atoms with Crippen molar-refractivity contribution < 1.29 is 4.79 Å². The third-order valence-corrected chi connectivity index (χ3v) is 2.79. The lowest BCUT2D eigenvalue weighted by atomic mass is 9.87. The van der Waals surface area contributed by atoms with Crippen LogP contribution in [0.1, 0.15) is 20.8 Å². The molecule has 1 fully saturated rings. The third-order valence-electron chi connectivity index (χ3n) is 2.79. The Morgan fingerprint density at radius 1 is 1.36 bits per heavy atom. The van der Waals surface area contributed by atoms with Crippen LogP contribution in [-0.4, -0.2) is 31.7 Å². The lowest BCUT2D eigenvalue weighted by Crippen LogP contribution is -2.55. The van der Waals surface area contributed by atoms with Crippen LogP contribution in [0.5, 0.6) is 0 Å². The zero-order valence-corrected chi connectivity index (χ0v) is 9.26. The molecule has 0 bridgehead atoms. The molecular weight excluding hydrogens is 178 g/mol. The van der Waals surface area contributed by atoms with E-state index >= 15 is 0 Å². The molecule has 0 aromatic carbocycles. The first-order valence-corrected chi connectivity index (χ1v) is 5.40. The molecule has 0 aliphatic carbocycles. The average Bonchev–Trinajstić information content (AvgIpc) is 2.12. The minimum Gasteiger partial charge on any atom is -0.338 e. The average molecular weight is 199 g/mol. The Labute approximate surface area is 85.8 Å². The fraction of sp³-hybridized carbons (Fsp3) is 0.900. The van der Waals surface area contributed by atoms with Crippen LogP contribution in [0.15, 0.2) is 0 Å². The van der Waals surface area contributed by atoms with Gasteiger partial charge in [0, 0.05) is 12.6 Å². The molecule has 0 saturated carbocycles. The van der Waals surface area contributed by atoms with Gasteiger partial charge in [-0.1, -0.05) is 13.8 Å². The minimum atomic E-state index is -0.0434. The fourth-order valence-corrected chi connectivity index (χ4v) is 2.00. The van der Waals surface area contributed by atoms with Crippen LogP contribution in [0.4, 0.5) is 4.79 Å². The number of carbonyl (C=O) groups excluding carboxylic acids is 1. The lowest BCUT2D eigenvalue weighted by Gasteiger charge is -2.35. The maximum Gasteiger partial charge on any atom is 0.315 e. The Morgan fingerprint density at radius 2 is 1.93 bits per heavy atom. The highest BCUT2D eigenvalue weighted by molar-refractivity contribution is 5.74. The van der Waals surface area contributed by atoms with Crippen molar-refractivity contribution in [2.75, 3.05) is 19.6 Å². The van der Waals surface area contributed by atoms with E-state index in [2.05, 4.69) is 29.8 Å². The fourth-order valence-electron chi connectivity index (χ4n) is 2.00. The Morgan fingerprint density at radius 3 is 2.43 bits per heavy atom. The summed E-state index contributed by atoms with van der Waals surface area (Å²) < 4.78 is 0. The summed E-state index contributed by atoms with van der Waals surface area (Å²) in [5.41, 5.74) is 0. The molecule has 2 amide bonds. The maximum absolute atomic E-state index is 11.4. The van der Waals surface area contributed by atoms with Crippen molar-refractivity contribution in [2.24, 2.45) is 11.8 Å². The molecule has 0 aromatic heterocycles. The van der Waals surface area contributed by atoms with Crippen molar-refractivity contribution >= 4 is 6.03 Å². The van der Waals surface area contributed by atoms with Gasteiger partial charge < -0.3 is 16.0 Å². The topological polar surface area (TPSA) is 53.2 Å². The number of nitrogens with one attached hydrogen (secondary N) is 3. The standard InChI is InChI=1S/C10H21N3O/c1-4-12-10(14)13-9-7(2)5-11-6-8(9)3/h7-9,11H,4-6H2,1-3H3,(H2,12,13,14). The summed E-state index contributed by atoms with van der Waals surface area (Å²) in [4.78, 5) is 11.4. The molecule has 2 unspecified atom stereocenters. The van der Waals surface area contributed by atoms with Crippen LogP contribution < -0.4 is 16.0 Å². The van der Waals surface area contributed by atoms with Gasteiger partial charge in [-0.15, -0.1) is 0 Å². The summed E-state index contributed by atoms with van der Waals surface area (Å²) in [5.74, 6) is 1.00. The Hall–Kier alpha value is -0.770. The molecule has 0 aromatic rings. The molecule has 4 nitrogen and oxygen atoms in total. The molecular formula is C10H21N3O. The highest BCUT2D eigenvalue weighted by Gasteiger charge is 2.28. The van der Waals surface area contributed by atoms with Gasteiger partial charge in [0.05, 0.1) is 0 Å². The van der Waals surface area contributed by atoms with Crippen molar-refractivity contribution in [3.63, 3.8) is 0 Å². The van der Waals surface area contributed by atoms with Crippen LogP contribution >= 0.6 is 0 Å². The number of rotatable bonds is 2. The van der Waals surface area contributed by atoms with Crippen LogP contribution in [0.2, 0.25) is 0 Å². The second-order valence-electron chi connectivity index (χ2n) is 4.14. The number of urea groups is 1. The molecule has 1 aliphatic heterocycles. The molecule has 1 heterocycles. The second kappa shape index (κ2) is 5.20. The van der Waals surface area contributed by atoms with E-state index in [0.29, 0.717) is 24.4 Å². The van der Waals surface area contributed by atoms with E-state index in [1.807, 2.05) is 6.92 Å². The lowest BCUT2D eigenvalue weighted by molar-refractivity contribution is 0.204. The normalized spacial score (nSPS) is 32.4. The van der Waals surface area contributed by atoms with E-state index < -0.39 is 0 Å². The number of hydrogen-bond acceptors (Lipinski definition) is 2. The molecule has 82 valence electrons. The maximum atomic E-state index is 11.4. The SMILES string of the molecule is CCNC(=O)NC1C(C)CNCC1C. The monoisotopic (exact) mass is 199 g/mol. The van der Waals surface area contributed by atoms with E-state index in [4.69, 9.17) is 0 Å². The van der Waals surface area contributed by atoms with E-state index in [1.54, 1.807) is 0 Å². The molecule has 4 heteroatoms. The largest absolute Gasteiger partial charge is 0.338 e. The van der Waals surface area contributed by atoms with E-state index in [9.17, 15) is 4.79 Å². The Bertz CT molecular complexity index is 186. The van der Waals surface area contributed by atoms with Gasteiger partial charge in [0.1, 0.15) is 0 Å². The van der Waals surface area contributed by atoms with Gasteiger partial charge in [-0.2, -0.15) is 0 Å². The summed E-state index contributed by atoms with van der Waals surface area (Å²) in [6, 6.07) is 0.251. The number of carbonyl (C=O) groups is 1. The van der Waals surface area contributed by atoms with Gasteiger partial charge >= 0.3 is 6.03 Å². The highest BCUT2D eigenvalue weighted by atomic mass is 16.2. The van der Waals surface area contributed by atoms with Crippen LogP contribution in [0.25, 0.3) is 0 Å². The van der Waals surface area contributed by atoms with E-state index in [1.165, 1.54) is 0 Å². The number of piperidine rings is 1. The highest BCUT2D eigenvalue weighted by Crippen LogP contribution is 2.16. The second-order valence-corrected chi connectivity index (χ2v) is 4.14.